The van der Waals surface area contributed by atoms with Gasteiger partial charge in [-0.05, 0) is 45.8 Å². The minimum atomic E-state index is -0.222. The highest BCUT2D eigenvalue weighted by Gasteiger charge is 2.20. The molecule has 130 valence electrons. The third kappa shape index (κ3) is 3.70. The summed E-state index contributed by atoms with van der Waals surface area (Å²) in [6.07, 6.45) is 6.80. The molecule has 0 radical (unpaired) electrons. The van der Waals surface area contributed by atoms with Gasteiger partial charge in [-0.15, -0.1) is 0 Å². The fraction of sp³-hybridized carbons (Fsp3) is 0.556. The molecule has 1 aliphatic heterocycles. The largest absolute Gasteiger partial charge is 0.456 e. The number of likely N-dealkylation sites (tertiary alicyclic amines) is 1. The van der Waals surface area contributed by atoms with Gasteiger partial charge in [0.15, 0.2) is 5.76 Å². The zero-order valence-electron chi connectivity index (χ0n) is 14.7. The number of hydrogen-bond acceptors (Lipinski definition) is 4. The van der Waals surface area contributed by atoms with Gasteiger partial charge in [-0.25, -0.2) is 0 Å². The molecule has 0 unspecified atom stereocenters. The van der Waals surface area contributed by atoms with Gasteiger partial charge in [-0.2, -0.15) is 5.10 Å². The van der Waals surface area contributed by atoms with Crippen LogP contribution in [0.3, 0.4) is 0 Å². The maximum absolute atomic E-state index is 12.5. The Morgan fingerprint density at radius 1 is 1.38 bits per heavy atom. The van der Waals surface area contributed by atoms with Crippen molar-refractivity contribution in [2.24, 2.45) is 0 Å². The smallest absolute Gasteiger partial charge is 0.291 e. The van der Waals surface area contributed by atoms with E-state index in [4.69, 9.17) is 4.42 Å². The van der Waals surface area contributed by atoms with Gasteiger partial charge in [0.2, 0.25) is 0 Å². The van der Waals surface area contributed by atoms with Crippen molar-refractivity contribution < 1.29 is 9.21 Å². The van der Waals surface area contributed by atoms with Crippen LogP contribution in [-0.4, -0.2) is 33.7 Å². The summed E-state index contributed by atoms with van der Waals surface area (Å²) in [7, 11) is 0. The average Bonchev–Trinajstić information content (AvgIpc) is 3.27. The van der Waals surface area contributed by atoms with Crippen molar-refractivity contribution in [2.45, 2.75) is 52.6 Å². The van der Waals surface area contributed by atoms with Crippen LogP contribution in [-0.2, 0) is 13.0 Å². The molecule has 3 heterocycles. The summed E-state index contributed by atoms with van der Waals surface area (Å²) < 4.78 is 7.61. The van der Waals surface area contributed by atoms with Gasteiger partial charge in [0.05, 0.1) is 11.9 Å². The van der Waals surface area contributed by atoms with Crippen LogP contribution in [0.4, 0.5) is 5.69 Å². The number of anilines is 1. The molecule has 0 saturated carbocycles. The lowest BCUT2D eigenvalue weighted by Gasteiger charge is -2.13. The number of amides is 1. The Hall–Kier alpha value is -2.08. The molecular formula is C18H26N4O2. The van der Waals surface area contributed by atoms with Gasteiger partial charge < -0.3 is 9.73 Å². The second kappa shape index (κ2) is 7.21. The molecule has 24 heavy (non-hydrogen) atoms. The van der Waals surface area contributed by atoms with Crippen LogP contribution in [0.5, 0.6) is 0 Å². The minimum Gasteiger partial charge on any atom is -0.456 e. The van der Waals surface area contributed by atoms with E-state index in [1.807, 2.05) is 30.8 Å². The third-order valence-electron chi connectivity index (χ3n) is 4.42. The lowest BCUT2D eigenvalue weighted by atomic mass is 10.2. The first-order valence-corrected chi connectivity index (χ1v) is 8.76. The number of hydrogen-bond donors (Lipinski definition) is 1. The fourth-order valence-electron chi connectivity index (χ4n) is 3.07. The van der Waals surface area contributed by atoms with Gasteiger partial charge >= 0.3 is 0 Å². The topological polar surface area (TPSA) is 63.3 Å². The molecule has 1 fully saturated rings. The number of carbonyl (C=O) groups excluding carboxylic acids is 1. The van der Waals surface area contributed by atoms with Crippen molar-refractivity contribution in [1.29, 1.82) is 0 Å². The average molecular weight is 330 g/mol. The van der Waals surface area contributed by atoms with E-state index in [1.165, 1.54) is 12.8 Å². The Morgan fingerprint density at radius 3 is 2.75 bits per heavy atom. The molecule has 1 aliphatic rings. The summed E-state index contributed by atoms with van der Waals surface area (Å²) in [5.41, 5.74) is 1.81. The van der Waals surface area contributed by atoms with E-state index >= 15 is 0 Å². The summed E-state index contributed by atoms with van der Waals surface area (Å²) in [5.74, 6) is 1.06. The van der Waals surface area contributed by atoms with Gasteiger partial charge in [0.25, 0.3) is 5.91 Å². The molecule has 6 heteroatoms. The fourth-order valence-corrected chi connectivity index (χ4v) is 3.07. The van der Waals surface area contributed by atoms with Crippen LogP contribution in [0.2, 0.25) is 0 Å². The zero-order valence-corrected chi connectivity index (χ0v) is 14.7. The second-order valence-corrected chi connectivity index (χ2v) is 6.65. The zero-order chi connectivity index (χ0) is 17.1. The normalized spacial score (nSPS) is 15.3. The maximum Gasteiger partial charge on any atom is 0.291 e. The van der Waals surface area contributed by atoms with E-state index in [2.05, 4.69) is 22.2 Å². The van der Waals surface area contributed by atoms with Crippen LogP contribution in [0.1, 0.15) is 61.5 Å². The summed E-state index contributed by atoms with van der Waals surface area (Å²) >= 11 is 0. The summed E-state index contributed by atoms with van der Waals surface area (Å²) in [6, 6.07) is 2.15. The van der Waals surface area contributed by atoms with Crippen molar-refractivity contribution in [3.63, 3.8) is 0 Å². The first-order valence-electron chi connectivity index (χ1n) is 8.76. The molecule has 0 atom stereocenters. The van der Waals surface area contributed by atoms with Crippen molar-refractivity contribution in [3.05, 3.63) is 35.5 Å². The lowest BCUT2D eigenvalue weighted by molar-refractivity contribution is 0.0995. The number of aromatic nitrogens is 2. The number of carbonyl (C=O) groups is 1. The van der Waals surface area contributed by atoms with E-state index in [0.29, 0.717) is 11.4 Å². The molecule has 3 rings (SSSR count). The lowest BCUT2D eigenvalue weighted by Crippen LogP contribution is -2.18. The highest BCUT2D eigenvalue weighted by Crippen LogP contribution is 2.22. The predicted octanol–water partition coefficient (Wildman–Crippen LogP) is 3.47. The Morgan fingerprint density at radius 2 is 2.12 bits per heavy atom. The van der Waals surface area contributed by atoms with Crippen LogP contribution in [0, 0.1) is 0 Å². The highest BCUT2D eigenvalue weighted by molar-refractivity contribution is 6.02. The first-order chi connectivity index (χ1) is 11.6. The van der Waals surface area contributed by atoms with E-state index in [9.17, 15) is 4.79 Å². The molecular weight excluding hydrogens is 304 g/mol. The Labute approximate surface area is 142 Å². The van der Waals surface area contributed by atoms with Gasteiger partial charge in [0.1, 0.15) is 5.76 Å². The molecule has 2 aromatic heterocycles. The van der Waals surface area contributed by atoms with Gasteiger partial charge in [0, 0.05) is 30.8 Å². The number of nitrogens with zero attached hydrogens (tertiary/aromatic N) is 3. The van der Waals surface area contributed by atoms with Crippen LogP contribution in [0.25, 0.3) is 0 Å². The molecule has 0 aromatic carbocycles. The van der Waals surface area contributed by atoms with E-state index < -0.39 is 0 Å². The summed E-state index contributed by atoms with van der Waals surface area (Å²) in [4.78, 5) is 14.9. The van der Waals surface area contributed by atoms with E-state index in [0.717, 1.165) is 37.4 Å². The predicted molar refractivity (Wildman–Crippen MR) is 93.2 cm³/mol. The molecule has 1 N–H and O–H groups in total. The first kappa shape index (κ1) is 16.8. The number of nitrogens with one attached hydrogen (secondary N) is 1. The Bertz CT molecular complexity index is 696. The number of aryl methyl sites for hydroxylation is 1. The van der Waals surface area contributed by atoms with Gasteiger partial charge in [-0.3, -0.25) is 14.4 Å². The van der Waals surface area contributed by atoms with E-state index in [-0.39, 0.29) is 11.9 Å². The minimum absolute atomic E-state index is 0.222. The van der Waals surface area contributed by atoms with Crippen molar-refractivity contribution in [2.75, 3.05) is 18.4 Å². The number of rotatable bonds is 6. The van der Waals surface area contributed by atoms with Crippen molar-refractivity contribution in [3.8, 4) is 0 Å². The molecule has 0 aliphatic carbocycles. The van der Waals surface area contributed by atoms with Crippen molar-refractivity contribution >= 4 is 11.6 Å². The molecule has 0 spiro atoms. The van der Waals surface area contributed by atoms with Crippen molar-refractivity contribution in [1.82, 2.24) is 14.7 Å². The third-order valence-corrected chi connectivity index (χ3v) is 4.42. The second-order valence-electron chi connectivity index (χ2n) is 6.65. The molecule has 0 bridgehead atoms. The standard InChI is InChI=1S/C18H26N4O2/c1-4-16-14(11-21-7-5-6-8-21)9-17(24-16)18(23)20-15-10-19-22(12-15)13(2)3/h9-10,12-13H,4-8,11H2,1-3H3,(H,20,23). The quantitative estimate of drug-likeness (QED) is 0.881. The van der Waals surface area contributed by atoms with Crippen LogP contribution in [0.15, 0.2) is 22.9 Å². The SMILES string of the molecule is CCc1oc(C(=O)Nc2cnn(C(C)C)c2)cc1CN1CCCC1. The summed E-state index contributed by atoms with van der Waals surface area (Å²) in [5, 5.41) is 7.10. The van der Waals surface area contributed by atoms with Gasteiger partial charge in [-0.1, -0.05) is 6.92 Å². The molecule has 6 nitrogen and oxygen atoms in total. The highest BCUT2D eigenvalue weighted by atomic mass is 16.4. The molecule has 2 aromatic rings. The van der Waals surface area contributed by atoms with Crippen LogP contribution < -0.4 is 5.32 Å². The van der Waals surface area contributed by atoms with E-state index in [1.54, 1.807) is 6.20 Å². The molecule has 1 amide bonds. The monoisotopic (exact) mass is 330 g/mol. The number of furan rings is 1. The Kier molecular flexibility index (Phi) is 5.04. The Balaban J connectivity index is 1.70. The maximum atomic E-state index is 12.5. The summed E-state index contributed by atoms with van der Waals surface area (Å²) in [6.45, 7) is 9.27. The molecule has 1 saturated heterocycles. The van der Waals surface area contributed by atoms with Crippen LogP contribution >= 0.6 is 0 Å².